The van der Waals surface area contributed by atoms with Crippen LogP contribution in [-0.2, 0) is 4.79 Å². The highest BCUT2D eigenvalue weighted by Crippen LogP contribution is 2.67. The standard InChI is InChI=1S/C23H39NO2.CH4/c1-22-13-11-20-18(8-6-16-14-17(24)10-12-23(16,20)2)19(22)9-7-15(22)4-3-5-21(25)26;/h15-20H,3-14,24H2,1-2H3,(H,25,26);1H4. The van der Waals surface area contributed by atoms with Gasteiger partial charge in [-0.05, 0) is 111 Å². The van der Waals surface area contributed by atoms with E-state index >= 15 is 0 Å². The lowest BCUT2D eigenvalue weighted by molar-refractivity contribution is -0.137. The molecule has 3 nitrogen and oxygen atoms in total. The van der Waals surface area contributed by atoms with Crippen molar-refractivity contribution in [3.8, 4) is 0 Å². The summed E-state index contributed by atoms with van der Waals surface area (Å²) in [4.78, 5) is 10.9. The van der Waals surface area contributed by atoms with Gasteiger partial charge in [0, 0.05) is 12.5 Å². The van der Waals surface area contributed by atoms with Crippen molar-refractivity contribution < 1.29 is 9.90 Å². The third kappa shape index (κ3) is 3.47. The van der Waals surface area contributed by atoms with Gasteiger partial charge in [-0.3, -0.25) is 4.79 Å². The Kier molecular flexibility index (Phi) is 6.02. The first kappa shape index (κ1) is 21.1. The zero-order valence-electron chi connectivity index (χ0n) is 16.9. The molecule has 4 rings (SSSR count). The van der Waals surface area contributed by atoms with E-state index in [9.17, 15) is 4.79 Å². The molecular weight excluding hydrogens is 334 g/mol. The molecule has 0 radical (unpaired) electrons. The molecule has 0 spiro atoms. The minimum atomic E-state index is -0.629. The SMILES string of the molecule is C.CC12CCC3C(CCC4CC(N)CCC43C)C1CCC2CCCC(=O)O. The number of hydrogen-bond donors (Lipinski definition) is 2. The minimum Gasteiger partial charge on any atom is -0.481 e. The zero-order chi connectivity index (χ0) is 18.5. The van der Waals surface area contributed by atoms with Crippen LogP contribution in [0.5, 0.6) is 0 Å². The fourth-order valence-electron chi connectivity index (χ4n) is 8.37. The number of carboxylic acid groups (broad SMARTS) is 1. The highest BCUT2D eigenvalue weighted by molar-refractivity contribution is 5.66. The van der Waals surface area contributed by atoms with Crippen molar-refractivity contribution in [2.75, 3.05) is 0 Å². The molecular formula is C24H43NO2. The molecule has 3 heteroatoms. The highest BCUT2D eigenvalue weighted by Gasteiger charge is 2.59. The van der Waals surface area contributed by atoms with Crippen molar-refractivity contribution in [1.29, 1.82) is 0 Å². The predicted molar refractivity (Wildman–Crippen MR) is 111 cm³/mol. The fraction of sp³-hybridized carbons (Fsp3) is 0.958. The molecule has 0 heterocycles. The van der Waals surface area contributed by atoms with Crippen molar-refractivity contribution >= 4 is 5.97 Å². The zero-order valence-corrected chi connectivity index (χ0v) is 16.9. The van der Waals surface area contributed by atoms with E-state index in [2.05, 4.69) is 13.8 Å². The van der Waals surface area contributed by atoms with Gasteiger partial charge in [0.25, 0.3) is 0 Å². The van der Waals surface area contributed by atoms with Crippen LogP contribution in [0.1, 0.15) is 98.3 Å². The van der Waals surface area contributed by atoms with Crippen molar-refractivity contribution in [3.05, 3.63) is 0 Å². The molecule has 0 aromatic carbocycles. The molecule has 8 atom stereocenters. The Labute approximate surface area is 166 Å². The lowest BCUT2D eigenvalue weighted by Gasteiger charge is -2.61. The molecule has 156 valence electrons. The average Bonchev–Trinajstić information content (AvgIpc) is 2.92. The van der Waals surface area contributed by atoms with Gasteiger partial charge in [-0.25, -0.2) is 0 Å². The van der Waals surface area contributed by atoms with Crippen LogP contribution >= 0.6 is 0 Å². The maximum absolute atomic E-state index is 10.9. The topological polar surface area (TPSA) is 63.3 Å². The van der Waals surface area contributed by atoms with Crippen LogP contribution in [0.3, 0.4) is 0 Å². The maximum atomic E-state index is 10.9. The van der Waals surface area contributed by atoms with Gasteiger partial charge < -0.3 is 10.8 Å². The largest absolute Gasteiger partial charge is 0.481 e. The number of hydrogen-bond acceptors (Lipinski definition) is 2. The fourth-order valence-corrected chi connectivity index (χ4v) is 8.37. The number of aliphatic carboxylic acids is 1. The minimum absolute atomic E-state index is 0. The van der Waals surface area contributed by atoms with Gasteiger partial charge in [0.05, 0.1) is 0 Å². The van der Waals surface area contributed by atoms with Gasteiger partial charge >= 0.3 is 5.97 Å². The smallest absolute Gasteiger partial charge is 0.303 e. The summed E-state index contributed by atoms with van der Waals surface area (Å²) in [6.45, 7) is 5.18. The molecule has 0 aromatic rings. The number of nitrogens with two attached hydrogens (primary N) is 1. The normalized spacial score (nSPS) is 48.7. The van der Waals surface area contributed by atoms with Crippen LogP contribution < -0.4 is 5.73 Å². The third-order valence-electron chi connectivity index (χ3n) is 9.85. The van der Waals surface area contributed by atoms with E-state index in [0.717, 1.165) is 42.4 Å². The quantitative estimate of drug-likeness (QED) is 0.644. The highest BCUT2D eigenvalue weighted by atomic mass is 16.4. The Balaban J connectivity index is 0.00000210. The van der Waals surface area contributed by atoms with Crippen molar-refractivity contribution in [2.24, 2.45) is 46.2 Å². The van der Waals surface area contributed by atoms with E-state index in [1.54, 1.807) is 0 Å². The second-order valence-corrected chi connectivity index (χ2v) is 10.8. The van der Waals surface area contributed by atoms with Gasteiger partial charge in [0.2, 0.25) is 0 Å². The molecule has 4 saturated carbocycles. The van der Waals surface area contributed by atoms with Gasteiger partial charge in [-0.15, -0.1) is 0 Å². The molecule has 4 fully saturated rings. The summed E-state index contributed by atoms with van der Waals surface area (Å²) in [6.07, 6.45) is 14.6. The summed E-state index contributed by atoms with van der Waals surface area (Å²) in [7, 11) is 0. The Morgan fingerprint density at radius 1 is 1.00 bits per heavy atom. The first-order valence-corrected chi connectivity index (χ1v) is 11.3. The number of carbonyl (C=O) groups is 1. The van der Waals surface area contributed by atoms with Crippen LogP contribution in [-0.4, -0.2) is 17.1 Å². The summed E-state index contributed by atoms with van der Waals surface area (Å²) in [5.74, 6) is 3.74. The van der Waals surface area contributed by atoms with Gasteiger partial charge in [0.1, 0.15) is 0 Å². The van der Waals surface area contributed by atoms with Crippen molar-refractivity contribution in [3.63, 3.8) is 0 Å². The molecule has 4 aliphatic rings. The lowest BCUT2D eigenvalue weighted by atomic mass is 9.44. The van der Waals surface area contributed by atoms with Crippen molar-refractivity contribution in [1.82, 2.24) is 0 Å². The summed E-state index contributed by atoms with van der Waals surface area (Å²) < 4.78 is 0. The van der Waals surface area contributed by atoms with Crippen LogP contribution in [0.2, 0.25) is 0 Å². The van der Waals surface area contributed by atoms with Gasteiger partial charge in [-0.2, -0.15) is 0 Å². The number of carboxylic acids is 1. The van der Waals surface area contributed by atoms with E-state index < -0.39 is 5.97 Å². The molecule has 4 aliphatic carbocycles. The van der Waals surface area contributed by atoms with Crippen molar-refractivity contribution in [2.45, 2.75) is 104 Å². The second kappa shape index (κ2) is 7.69. The van der Waals surface area contributed by atoms with Crippen LogP contribution in [0.15, 0.2) is 0 Å². The lowest BCUT2D eigenvalue weighted by Crippen LogP contribution is -2.54. The molecule has 0 aromatic heterocycles. The molecule has 0 amide bonds. The average molecular weight is 378 g/mol. The monoisotopic (exact) mass is 377 g/mol. The molecule has 8 unspecified atom stereocenters. The van der Waals surface area contributed by atoms with E-state index in [4.69, 9.17) is 10.8 Å². The van der Waals surface area contributed by atoms with Gasteiger partial charge in [-0.1, -0.05) is 21.3 Å². The van der Waals surface area contributed by atoms with E-state index in [1.807, 2.05) is 0 Å². The van der Waals surface area contributed by atoms with Crippen LogP contribution in [0.4, 0.5) is 0 Å². The Bertz CT molecular complexity index is 548. The predicted octanol–water partition coefficient (Wildman–Crippen LogP) is 5.86. The Morgan fingerprint density at radius 3 is 2.44 bits per heavy atom. The molecule has 0 aliphatic heterocycles. The summed E-state index contributed by atoms with van der Waals surface area (Å²) in [5.41, 5.74) is 7.34. The first-order chi connectivity index (χ1) is 12.3. The van der Waals surface area contributed by atoms with E-state index in [1.165, 1.54) is 57.8 Å². The Hall–Kier alpha value is -0.570. The summed E-state index contributed by atoms with van der Waals surface area (Å²) >= 11 is 0. The second-order valence-electron chi connectivity index (χ2n) is 10.8. The number of fused-ring (bicyclic) bond motifs is 5. The summed E-state index contributed by atoms with van der Waals surface area (Å²) in [6, 6.07) is 0.448. The molecule has 0 saturated heterocycles. The molecule has 27 heavy (non-hydrogen) atoms. The summed E-state index contributed by atoms with van der Waals surface area (Å²) in [5, 5.41) is 8.99. The number of rotatable bonds is 4. The Morgan fingerprint density at radius 2 is 1.70 bits per heavy atom. The molecule has 0 bridgehead atoms. The first-order valence-electron chi connectivity index (χ1n) is 11.3. The molecule has 3 N–H and O–H groups in total. The van der Waals surface area contributed by atoms with E-state index in [0.29, 0.717) is 23.3 Å². The van der Waals surface area contributed by atoms with E-state index in [-0.39, 0.29) is 7.43 Å². The van der Waals surface area contributed by atoms with Crippen LogP contribution in [0, 0.1) is 40.4 Å². The third-order valence-corrected chi connectivity index (χ3v) is 9.85. The maximum Gasteiger partial charge on any atom is 0.303 e. The van der Waals surface area contributed by atoms with Gasteiger partial charge in [0.15, 0.2) is 0 Å². The van der Waals surface area contributed by atoms with Crippen LogP contribution in [0.25, 0.3) is 0 Å².